The molecule has 1 atom stereocenters. The van der Waals surface area contributed by atoms with Crippen molar-refractivity contribution in [3.8, 4) is 0 Å². The third-order valence-corrected chi connectivity index (χ3v) is 8.29. The Morgan fingerprint density at radius 3 is 2.15 bits per heavy atom. The predicted molar refractivity (Wildman–Crippen MR) is 157 cm³/mol. The number of halogens is 1. The zero-order valence-electron chi connectivity index (χ0n) is 22.9. The first-order valence-corrected chi connectivity index (χ1v) is 14.6. The van der Waals surface area contributed by atoms with E-state index in [4.69, 9.17) is 11.6 Å². The van der Waals surface area contributed by atoms with Crippen molar-refractivity contribution in [1.29, 1.82) is 0 Å². The lowest BCUT2D eigenvalue weighted by Gasteiger charge is -2.33. The molecule has 0 spiro atoms. The number of hydrogen-bond donors (Lipinski definition) is 1. The van der Waals surface area contributed by atoms with Gasteiger partial charge in [0.2, 0.25) is 11.8 Å². The number of carbonyl (C=O) groups is 4. The fourth-order valence-corrected chi connectivity index (χ4v) is 5.90. The maximum absolute atomic E-state index is 13.9. The van der Waals surface area contributed by atoms with Gasteiger partial charge in [0, 0.05) is 37.0 Å². The number of rotatable bonds is 11. The van der Waals surface area contributed by atoms with E-state index >= 15 is 0 Å². The molecule has 1 N–H and O–H groups in total. The predicted octanol–water partition coefficient (Wildman–Crippen LogP) is 5.42. The first-order chi connectivity index (χ1) is 19.9. The Hall–Kier alpha value is -3.97. The molecule has 0 unspecified atom stereocenters. The molecule has 212 valence electrons. The lowest BCUT2D eigenvalue weighted by molar-refractivity contribution is -0.141. The van der Waals surface area contributed by atoms with Gasteiger partial charge in [0.1, 0.15) is 6.04 Å². The van der Waals surface area contributed by atoms with Gasteiger partial charge in [0.05, 0.1) is 11.1 Å². The number of hydrogen-bond acceptors (Lipinski definition) is 4. The molecule has 5 rings (SSSR count). The summed E-state index contributed by atoms with van der Waals surface area (Å²) in [6, 6.07) is 23.1. The summed E-state index contributed by atoms with van der Waals surface area (Å²) in [5.74, 6) is -1.10. The molecule has 1 saturated carbocycles. The Kier molecular flexibility index (Phi) is 9.14. The Labute approximate surface area is 245 Å². The van der Waals surface area contributed by atoms with E-state index in [0.717, 1.165) is 36.8 Å². The van der Waals surface area contributed by atoms with E-state index in [1.807, 2.05) is 48.5 Å². The van der Waals surface area contributed by atoms with E-state index in [0.29, 0.717) is 22.6 Å². The lowest BCUT2D eigenvalue weighted by atomic mass is 10.0. The molecule has 41 heavy (non-hydrogen) atoms. The topological polar surface area (TPSA) is 86.8 Å². The molecule has 3 aromatic carbocycles. The molecule has 1 aliphatic carbocycles. The van der Waals surface area contributed by atoms with Crippen LogP contribution in [0.2, 0.25) is 5.02 Å². The highest BCUT2D eigenvalue weighted by atomic mass is 35.5. The highest BCUT2D eigenvalue weighted by molar-refractivity contribution is 6.31. The Morgan fingerprint density at radius 2 is 1.49 bits per heavy atom. The van der Waals surface area contributed by atoms with Gasteiger partial charge in [0.15, 0.2) is 0 Å². The van der Waals surface area contributed by atoms with Crippen LogP contribution in [0.4, 0.5) is 0 Å². The summed E-state index contributed by atoms with van der Waals surface area (Å²) in [6.07, 6.45) is 4.73. The summed E-state index contributed by atoms with van der Waals surface area (Å²) in [5.41, 5.74) is 2.46. The summed E-state index contributed by atoms with van der Waals surface area (Å²) in [5, 5.41) is 3.71. The summed E-state index contributed by atoms with van der Waals surface area (Å²) >= 11 is 6.50. The largest absolute Gasteiger partial charge is 0.352 e. The average Bonchev–Trinajstić information content (AvgIpc) is 3.58. The third-order valence-electron chi connectivity index (χ3n) is 7.92. The first-order valence-electron chi connectivity index (χ1n) is 14.2. The highest BCUT2D eigenvalue weighted by Gasteiger charge is 2.36. The van der Waals surface area contributed by atoms with Crippen molar-refractivity contribution in [1.82, 2.24) is 15.1 Å². The number of nitrogens with one attached hydrogen (secondary N) is 1. The van der Waals surface area contributed by atoms with Crippen LogP contribution in [0.25, 0.3) is 0 Å². The number of benzene rings is 3. The third kappa shape index (κ3) is 6.68. The fraction of sp³-hybridized carbons (Fsp3) is 0.333. The Bertz CT molecular complexity index is 1390. The molecule has 0 aromatic heterocycles. The van der Waals surface area contributed by atoms with E-state index in [-0.39, 0.29) is 55.6 Å². The van der Waals surface area contributed by atoms with Gasteiger partial charge in [-0.05, 0) is 48.6 Å². The molecule has 0 saturated heterocycles. The second-order valence-corrected chi connectivity index (χ2v) is 11.1. The Morgan fingerprint density at radius 1 is 0.878 bits per heavy atom. The van der Waals surface area contributed by atoms with Crippen LogP contribution >= 0.6 is 11.6 Å². The van der Waals surface area contributed by atoms with Crippen molar-refractivity contribution < 1.29 is 19.2 Å². The van der Waals surface area contributed by atoms with Gasteiger partial charge >= 0.3 is 0 Å². The van der Waals surface area contributed by atoms with Crippen LogP contribution in [-0.2, 0) is 22.6 Å². The molecule has 1 heterocycles. The van der Waals surface area contributed by atoms with Crippen LogP contribution in [0.15, 0.2) is 78.9 Å². The van der Waals surface area contributed by atoms with E-state index in [2.05, 4.69) is 5.32 Å². The van der Waals surface area contributed by atoms with E-state index in [9.17, 15) is 19.2 Å². The van der Waals surface area contributed by atoms with E-state index in [1.165, 1.54) is 4.90 Å². The lowest BCUT2D eigenvalue weighted by Crippen LogP contribution is -2.52. The molecule has 4 amide bonds. The Balaban J connectivity index is 1.36. The smallest absolute Gasteiger partial charge is 0.261 e. The van der Waals surface area contributed by atoms with Crippen molar-refractivity contribution in [3.05, 3.63) is 106 Å². The minimum Gasteiger partial charge on any atom is -0.352 e. The molecule has 7 nitrogen and oxygen atoms in total. The SMILES string of the molecule is O=C(NC1CCCC1)[C@@H](Cc1ccccc1)N(Cc1ccccc1Cl)C(=O)CCCN1C(=O)c2ccccc2C1=O. The molecule has 1 fully saturated rings. The number of imide groups is 1. The van der Waals surface area contributed by atoms with Crippen molar-refractivity contribution in [2.24, 2.45) is 0 Å². The van der Waals surface area contributed by atoms with Gasteiger partial charge in [-0.2, -0.15) is 0 Å². The minimum absolute atomic E-state index is 0.0693. The number of carbonyl (C=O) groups excluding carboxylic acids is 4. The zero-order chi connectivity index (χ0) is 28.8. The van der Waals surface area contributed by atoms with Crippen LogP contribution in [-0.4, -0.2) is 52.1 Å². The summed E-state index contributed by atoms with van der Waals surface area (Å²) in [4.78, 5) is 56.1. The average molecular weight is 572 g/mol. The highest BCUT2D eigenvalue weighted by Crippen LogP contribution is 2.25. The summed E-state index contributed by atoms with van der Waals surface area (Å²) in [6.45, 7) is 0.288. The molecule has 1 aliphatic heterocycles. The van der Waals surface area contributed by atoms with Crippen molar-refractivity contribution >= 4 is 35.2 Å². The molecule has 0 radical (unpaired) electrons. The van der Waals surface area contributed by atoms with Gasteiger partial charge in [-0.25, -0.2) is 0 Å². The second-order valence-electron chi connectivity index (χ2n) is 10.7. The van der Waals surface area contributed by atoms with Crippen LogP contribution < -0.4 is 5.32 Å². The van der Waals surface area contributed by atoms with Gasteiger partial charge in [0.25, 0.3) is 11.8 Å². The maximum Gasteiger partial charge on any atom is 0.261 e. The van der Waals surface area contributed by atoms with Crippen molar-refractivity contribution in [3.63, 3.8) is 0 Å². The minimum atomic E-state index is -0.749. The molecule has 2 aliphatic rings. The second kappa shape index (κ2) is 13.1. The molecule has 3 aromatic rings. The van der Waals surface area contributed by atoms with Crippen molar-refractivity contribution in [2.75, 3.05) is 6.54 Å². The van der Waals surface area contributed by atoms with Gasteiger partial charge in [-0.15, -0.1) is 0 Å². The quantitative estimate of drug-likeness (QED) is 0.312. The standard InChI is InChI=1S/C33H34ClN3O4/c34-28-18-9-4-13-24(28)22-37(29(21-23-11-2-1-3-12-23)31(39)35-25-14-5-6-15-25)30(38)19-10-20-36-32(40)26-16-7-8-17-27(26)33(36)41/h1-4,7-9,11-13,16-18,25,29H,5-6,10,14-15,19-22H2,(H,35,39)/t29-/m1/s1. The monoisotopic (exact) mass is 571 g/mol. The van der Waals surface area contributed by atoms with Crippen LogP contribution in [0.5, 0.6) is 0 Å². The van der Waals surface area contributed by atoms with Crippen LogP contribution in [0, 0.1) is 0 Å². The number of fused-ring (bicyclic) bond motifs is 1. The van der Waals surface area contributed by atoms with Gasteiger partial charge in [-0.3, -0.25) is 24.1 Å². The first kappa shape index (κ1) is 28.6. The fourth-order valence-electron chi connectivity index (χ4n) is 5.71. The molecular weight excluding hydrogens is 538 g/mol. The van der Waals surface area contributed by atoms with E-state index in [1.54, 1.807) is 35.2 Å². The molecular formula is C33H34ClN3O4. The van der Waals surface area contributed by atoms with Crippen LogP contribution in [0.3, 0.4) is 0 Å². The summed E-state index contributed by atoms with van der Waals surface area (Å²) < 4.78 is 0. The number of amides is 4. The normalized spacial score (nSPS) is 15.6. The van der Waals surface area contributed by atoms with Gasteiger partial charge in [-0.1, -0.05) is 85.1 Å². The van der Waals surface area contributed by atoms with Crippen molar-refractivity contribution in [2.45, 2.75) is 63.6 Å². The zero-order valence-corrected chi connectivity index (χ0v) is 23.7. The molecule has 8 heteroatoms. The van der Waals surface area contributed by atoms with Crippen LogP contribution in [0.1, 0.15) is 70.4 Å². The maximum atomic E-state index is 13.9. The molecule has 0 bridgehead atoms. The van der Waals surface area contributed by atoms with E-state index < -0.39 is 6.04 Å². The van der Waals surface area contributed by atoms with Gasteiger partial charge < -0.3 is 10.2 Å². The number of nitrogens with zero attached hydrogens (tertiary/aromatic N) is 2. The summed E-state index contributed by atoms with van der Waals surface area (Å²) in [7, 11) is 0.